The van der Waals surface area contributed by atoms with E-state index in [1.54, 1.807) is 14.2 Å². The van der Waals surface area contributed by atoms with Crippen LogP contribution in [0.5, 0.6) is 11.5 Å². The van der Waals surface area contributed by atoms with Gasteiger partial charge < -0.3 is 9.47 Å². The van der Waals surface area contributed by atoms with Crippen molar-refractivity contribution in [1.82, 2.24) is 0 Å². The Balaban J connectivity index is 2.24. The first-order valence-electron chi connectivity index (χ1n) is 6.87. The molecule has 0 saturated heterocycles. The molecule has 2 aromatic carbocycles. The third-order valence-electron chi connectivity index (χ3n) is 3.76. The molecular formula is C18H19NO2. The Morgan fingerprint density at radius 3 is 1.62 bits per heavy atom. The van der Waals surface area contributed by atoms with E-state index in [1.165, 1.54) is 0 Å². The molecule has 0 N–H and O–H groups in total. The van der Waals surface area contributed by atoms with Crippen LogP contribution in [0.2, 0.25) is 0 Å². The SMILES string of the molecule is COc1ccc(C(C)C(C#N)c2ccc(OC)cc2)cc1. The fourth-order valence-corrected chi connectivity index (χ4v) is 2.39. The molecule has 0 bridgehead atoms. The lowest BCUT2D eigenvalue weighted by atomic mass is 9.83. The van der Waals surface area contributed by atoms with Gasteiger partial charge >= 0.3 is 0 Å². The number of nitriles is 1. The maximum absolute atomic E-state index is 9.53. The molecule has 3 heteroatoms. The first-order valence-corrected chi connectivity index (χ1v) is 6.87. The molecule has 2 rings (SSSR count). The molecule has 108 valence electrons. The zero-order valence-electron chi connectivity index (χ0n) is 12.5. The minimum absolute atomic E-state index is 0.106. The van der Waals surface area contributed by atoms with Crippen molar-refractivity contribution in [2.45, 2.75) is 18.8 Å². The number of nitrogens with zero attached hydrogens (tertiary/aromatic N) is 1. The van der Waals surface area contributed by atoms with Crippen LogP contribution < -0.4 is 9.47 Å². The van der Waals surface area contributed by atoms with Gasteiger partial charge in [-0.25, -0.2) is 0 Å². The smallest absolute Gasteiger partial charge is 0.118 e. The summed E-state index contributed by atoms with van der Waals surface area (Å²) >= 11 is 0. The molecule has 2 unspecified atom stereocenters. The highest BCUT2D eigenvalue weighted by Crippen LogP contribution is 2.33. The summed E-state index contributed by atoms with van der Waals surface area (Å²) in [5.74, 6) is 1.54. The Hall–Kier alpha value is -2.47. The maximum atomic E-state index is 9.53. The molecular weight excluding hydrogens is 262 g/mol. The number of rotatable bonds is 5. The van der Waals surface area contributed by atoms with Crippen LogP contribution in [0.1, 0.15) is 29.9 Å². The third kappa shape index (κ3) is 3.35. The van der Waals surface area contributed by atoms with Gasteiger partial charge in [0.25, 0.3) is 0 Å². The Morgan fingerprint density at radius 1 is 0.810 bits per heavy atom. The van der Waals surface area contributed by atoms with E-state index in [-0.39, 0.29) is 11.8 Å². The van der Waals surface area contributed by atoms with Crippen molar-refractivity contribution >= 4 is 0 Å². The van der Waals surface area contributed by atoms with Crippen LogP contribution in [0.3, 0.4) is 0 Å². The Labute approximate surface area is 125 Å². The lowest BCUT2D eigenvalue weighted by Crippen LogP contribution is -2.06. The largest absolute Gasteiger partial charge is 0.497 e. The molecule has 0 aliphatic carbocycles. The molecule has 21 heavy (non-hydrogen) atoms. The summed E-state index contributed by atoms with van der Waals surface area (Å²) in [5.41, 5.74) is 2.12. The lowest BCUT2D eigenvalue weighted by molar-refractivity contribution is 0.414. The van der Waals surface area contributed by atoms with Crippen LogP contribution in [0.4, 0.5) is 0 Å². The summed E-state index contributed by atoms with van der Waals surface area (Å²) in [6, 6.07) is 18.0. The normalized spacial score (nSPS) is 13.0. The quantitative estimate of drug-likeness (QED) is 0.828. The standard InChI is InChI=1S/C18H19NO2/c1-13(14-4-8-16(20-2)9-5-14)18(12-19)15-6-10-17(21-3)11-7-15/h4-11,13,18H,1-3H3. The maximum Gasteiger partial charge on any atom is 0.118 e. The number of hydrogen-bond acceptors (Lipinski definition) is 3. The van der Waals surface area contributed by atoms with Gasteiger partial charge in [-0.05, 0) is 35.4 Å². The molecule has 0 spiro atoms. The van der Waals surface area contributed by atoms with Gasteiger partial charge in [-0.1, -0.05) is 31.2 Å². The topological polar surface area (TPSA) is 42.2 Å². The van der Waals surface area contributed by atoms with E-state index in [0.29, 0.717) is 0 Å². The monoisotopic (exact) mass is 281 g/mol. The predicted molar refractivity (Wildman–Crippen MR) is 82.8 cm³/mol. The molecule has 2 aromatic rings. The molecule has 2 atom stereocenters. The van der Waals surface area contributed by atoms with Crippen molar-refractivity contribution in [2.75, 3.05) is 14.2 Å². The predicted octanol–water partition coefficient (Wildman–Crippen LogP) is 4.11. The summed E-state index contributed by atoms with van der Waals surface area (Å²) in [6.07, 6.45) is 0. The van der Waals surface area contributed by atoms with Crippen LogP contribution in [-0.2, 0) is 0 Å². The van der Waals surface area contributed by atoms with Crippen molar-refractivity contribution in [3.8, 4) is 17.6 Å². The molecule has 0 radical (unpaired) electrons. The van der Waals surface area contributed by atoms with Gasteiger partial charge in [0.05, 0.1) is 26.2 Å². The first-order chi connectivity index (χ1) is 10.2. The second kappa shape index (κ2) is 6.81. The minimum atomic E-state index is -0.190. The summed E-state index contributed by atoms with van der Waals surface area (Å²) in [6.45, 7) is 2.07. The van der Waals surface area contributed by atoms with Gasteiger partial charge in [0, 0.05) is 5.92 Å². The summed E-state index contributed by atoms with van der Waals surface area (Å²) < 4.78 is 10.3. The van der Waals surface area contributed by atoms with Crippen molar-refractivity contribution in [3.05, 3.63) is 59.7 Å². The number of hydrogen-bond donors (Lipinski definition) is 0. The van der Waals surface area contributed by atoms with Crippen LogP contribution >= 0.6 is 0 Å². The van der Waals surface area contributed by atoms with E-state index in [1.807, 2.05) is 48.5 Å². The van der Waals surface area contributed by atoms with Crippen LogP contribution in [0, 0.1) is 11.3 Å². The summed E-state index contributed by atoms with van der Waals surface area (Å²) in [4.78, 5) is 0. The minimum Gasteiger partial charge on any atom is -0.497 e. The van der Waals surface area contributed by atoms with E-state index < -0.39 is 0 Å². The fourth-order valence-electron chi connectivity index (χ4n) is 2.39. The van der Waals surface area contributed by atoms with E-state index in [2.05, 4.69) is 13.0 Å². The second-order valence-corrected chi connectivity index (χ2v) is 4.94. The highest BCUT2D eigenvalue weighted by atomic mass is 16.5. The Kier molecular flexibility index (Phi) is 4.84. The van der Waals surface area contributed by atoms with Crippen molar-refractivity contribution in [3.63, 3.8) is 0 Å². The molecule has 0 aliphatic heterocycles. The third-order valence-corrected chi connectivity index (χ3v) is 3.76. The van der Waals surface area contributed by atoms with Crippen LogP contribution in [-0.4, -0.2) is 14.2 Å². The average Bonchev–Trinajstić information content (AvgIpc) is 2.56. The van der Waals surface area contributed by atoms with Gasteiger partial charge in [0.15, 0.2) is 0 Å². The van der Waals surface area contributed by atoms with Gasteiger partial charge in [-0.3, -0.25) is 0 Å². The van der Waals surface area contributed by atoms with E-state index >= 15 is 0 Å². The van der Waals surface area contributed by atoms with Crippen molar-refractivity contribution in [1.29, 1.82) is 5.26 Å². The first kappa shape index (κ1) is 14.9. The molecule has 0 fully saturated rings. The summed E-state index contributed by atoms with van der Waals surface area (Å²) in [7, 11) is 3.28. The molecule has 0 aromatic heterocycles. The lowest BCUT2D eigenvalue weighted by Gasteiger charge is -2.19. The van der Waals surface area contributed by atoms with Crippen LogP contribution in [0.25, 0.3) is 0 Å². The highest BCUT2D eigenvalue weighted by Gasteiger charge is 2.20. The van der Waals surface area contributed by atoms with Crippen molar-refractivity contribution < 1.29 is 9.47 Å². The van der Waals surface area contributed by atoms with Gasteiger partial charge in [0.1, 0.15) is 11.5 Å². The van der Waals surface area contributed by atoms with Gasteiger partial charge in [0.2, 0.25) is 0 Å². The summed E-state index contributed by atoms with van der Waals surface area (Å²) in [5, 5.41) is 9.53. The number of methoxy groups -OCH3 is 2. The van der Waals surface area contributed by atoms with E-state index in [9.17, 15) is 5.26 Å². The van der Waals surface area contributed by atoms with Gasteiger partial charge in [-0.2, -0.15) is 5.26 Å². The zero-order valence-corrected chi connectivity index (χ0v) is 12.5. The second-order valence-electron chi connectivity index (χ2n) is 4.94. The number of ether oxygens (including phenoxy) is 2. The molecule has 0 amide bonds. The van der Waals surface area contributed by atoms with E-state index in [4.69, 9.17) is 9.47 Å². The molecule has 0 aliphatic rings. The average molecular weight is 281 g/mol. The van der Waals surface area contributed by atoms with Crippen molar-refractivity contribution in [2.24, 2.45) is 0 Å². The van der Waals surface area contributed by atoms with Gasteiger partial charge in [-0.15, -0.1) is 0 Å². The molecule has 0 saturated carbocycles. The Morgan fingerprint density at radius 2 is 1.24 bits per heavy atom. The zero-order chi connectivity index (χ0) is 15.2. The molecule has 0 heterocycles. The Bertz CT molecular complexity index is 611. The van der Waals surface area contributed by atoms with Crippen LogP contribution in [0.15, 0.2) is 48.5 Å². The molecule has 3 nitrogen and oxygen atoms in total. The number of benzene rings is 2. The highest BCUT2D eigenvalue weighted by molar-refractivity contribution is 5.37. The fraction of sp³-hybridized carbons (Fsp3) is 0.278. The van der Waals surface area contributed by atoms with E-state index in [0.717, 1.165) is 22.6 Å².